The van der Waals surface area contributed by atoms with Crippen LogP contribution in [0.3, 0.4) is 0 Å². The van der Waals surface area contributed by atoms with Crippen molar-refractivity contribution in [1.29, 1.82) is 0 Å². The maximum atomic E-state index is 12.1. The van der Waals surface area contributed by atoms with E-state index in [2.05, 4.69) is 36.1 Å². The van der Waals surface area contributed by atoms with Gasteiger partial charge in [-0.05, 0) is 85.9 Å². The van der Waals surface area contributed by atoms with E-state index >= 15 is 0 Å². The highest BCUT2D eigenvalue weighted by atomic mass is 33.1. The zero-order valence-corrected chi connectivity index (χ0v) is 24.9. The number of nitrogens with zero attached hydrogens (tertiary/aromatic N) is 2. The van der Waals surface area contributed by atoms with Crippen LogP contribution in [0.25, 0.3) is 0 Å². The van der Waals surface area contributed by atoms with Crippen molar-refractivity contribution in [2.75, 3.05) is 0 Å². The molecule has 0 aliphatic heterocycles. The van der Waals surface area contributed by atoms with Crippen molar-refractivity contribution in [2.24, 2.45) is 5.41 Å². The van der Waals surface area contributed by atoms with Crippen LogP contribution in [0.1, 0.15) is 55.4 Å². The SMILES string of the molecule is CC(SSc1ccccn1)C(=O)C(C)(C)O.CC(SSc1ccccn1)C(=O)NC(C)C(C)(C)C. The Morgan fingerprint density at radius 3 is 1.66 bits per heavy atom. The number of Topliss-reactive ketones (excluding diaryl/α,β-unsaturated/α-hetero) is 1. The molecule has 0 aliphatic rings. The van der Waals surface area contributed by atoms with Crippen molar-refractivity contribution >= 4 is 54.9 Å². The van der Waals surface area contributed by atoms with Crippen molar-refractivity contribution in [2.45, 2.75) is 87.6 Å². The van der Waals surface area contributed by atoms with E-state index in [0.717, 1.165) is 10.1 Å². The molecule has 2 aromatic heterocycles. The van der Waals surface area contributed by atoms with Crippen molar-refractivity contribution < 1.29 is 14.7 Å². The minimum atomic E-state index is -1.27. The standard InChI is InChI=1S/C14H22N2OS2.C11H15NO2S2/c1-10(13(17)16-11(2)14(3,4)5)18-19-12-8-6-7-9-15-12;1-8(10(13)11(2,3)14)15-16-9-6-4-5-7-12-9/h6-11H,1-5H3,(H,16,17);4-8,14H,1-3H3. The van der Waals surface area contributed by atoms with Gasteiger partial charge >= 0.3 is 0 Å². The monoisotopic (exact) mass is 555 g/mol. The van der Waals surface area contributed by atoms with Crippen molar-refractivity contribution in [3.05, 3.63) is 48.8 Å². The number of hydrogen-bond acceptors (Lipinski definition) is 9. The lowest BCUT2D eigenvalue weighted by molar-refractivity contribution is -0.133. The predicted molar refractivity (Wildman–Crippen MR) is 153 cm³/mol. The van der Waals surface area contributed by atoms with Crippen LogP contribution in [0.5, 0.6) is 0 Å². The first-order valence-corrected chi connectivity index (χ1v) is 15.7. The lowest BCUT2D eigenvalue weighted by atomic mass is 9.88. The number of aromatic nitrogens is 2. The first-order chi connectivity index (χ1) is 16.2. The van der Waals surface area contributed by atoms with E-state index in [1.54, 1.807) is 19.3 Å². The molecule has 2 aromatic rings. The van der Waals surface area contributed by atoms with Crippen molar-refractivity contribution in [3.63, 3.8) is 0 Å². The second kappa shape index (κ2) is 15.1. The molecule has 10 heteroatoms. The highest BCUT2D eigenvalue weighted by Gasteiger charge is 2.29. The molecule has 194 valence electrons. The number of pyridine rings is 2. The molecule has 2 N–H and O–H groups in total. The second-order valence-electron chi connectivity index (χ2n) is 9.50. The Hall–Kier alpha value is -1.20. The molecule has 0 saturated heterocycles. The average Bonchev–Trinajstić information content (AvgIpc) is 2.81. The number of carbonyl (C=O) groups is 2. The molecule has 6 nitrogen and oxygen atoms in total. The quantitative estimate of drug-likeness (QED) is 0.327. The predicted octanol–water partition coefficient (Wildman–Crippen LogP) is 6.31. The Morgan fingerprint density at radius 1 is 0.829 bits per heavy atom. The van der Waals surface area contributed by atoms with E-state index in [9.17, 15) is 14.7 Å². The number of nitrogens with one attached hydrogen (secondary N) is 1. The van der Waals surface area contributed by atoms with Gasteiger partial charge in [-0.1, -0.05) is 54.5 Å². The van der Waals surface area contributed by atoms with Crippen LogP contribution in [0.2, 0.25) is 0 Å². The molecular formula is C25H37N3O3S4. The zero-order valence-electron chi connectivity index (χ0n) is 21.6. The third-order valence-electron chi connectivity index (χ3n) is 4.83. The third kappa shape index (κ3) is 13.1. The summed E-state index contributed by atoms with van der Waals surface area (Å²) < 4.78 is 0. The van der Waals surface area contributed by atoms with Gasteiger partial charge in [0.05, 0.1) is 10.5 Å². The van der Waals surface area contributed by atoms with Crippen LogP contribution in [0.4, 0.5) is 0 Å². The molecule has 0 saturated carbocycles. The van der Waals surface area contributed by atoms with Crippen LogP contribution in [0, 0.1) is 5.41 Å². The Bertz CT molecular complexity index is 904. The molecule has 0 fully saturated rings. The summed E-state index contributed by atoms with van der Waals surface area (Å²) in [5.41, 5.74) is -1.19. The van der Waals surface area contributed by atoms with Crippen LogP contribution in [-0.4, -0.2) is 48.9 Å². The fourth-order valence-electron chi connectivity index (χ4n) is 2.17. The molecule has 35 heavy (non-hydrogen) atoms. The van der Waals surface area contributed by atoms with Gasteiger partial charge < -0.3 is 10.4 Å². The van der Waals surface area contributed by atoms with E-state index in [-0.39, 0.29) is 33.6 Å². The van der Waals surface area contributed by atoms with Gasteiger partial charge in [0.25, 0.3) is 0 Å². The molecule has 2 rings (SSSR count). The van der Waals surface area contributed by atoms with Crippen LogP contribution >= 0.6 is 43.2 Å². The molecule has 0 radical (unpaired) electrons. The summed E-state index contributed by atoms with van der Waals surface area (Å²) in [7, 11) is 5.92. The topological polar surface area (TPSA) is 92.2 Å². The fourth-order valence-corrected chi connectivity index (χ4v) is 6.23. The Morgan fingerprint density at radius 2 is 1.29 bits per heavy atom. The van der Waals surface area contributed by atoms with Gasteiger partial charge in [-0.2, -0.15) is 0 Å². The summed E-state index contributed by atoms with van der Waals surface area (Å²) in [6.07, 6.45) is 3.47. The largest absolute Gasteiger partial charge is 0.383 e. The van der Waals surface area contributed by atoms with Gasteiger partial charge in [0.1, 0.15) is 15.7 Å². The van der Waals surface area contributed by atoms with E-state index in [1.165, 1.54) is 57.0 Å². The molecule has 2 heterocycles. The number of aliphatic hydroxyl groups is 1. The van der Waals surface area contributed by atoms with Gasteiger partial charge in [0.2, 0.25) is 5.91 Å². The molecule has 0 aliphatic carbocycles. The minimum Gasteiger partial charge on any atom is -0.383 e. The Kier molecular flexibility index (Phi) is 13.8. The lowest BCUT2D eigenvalue weighted by Gasteiger charge is -2.29. The first kappa shape index (κ1) is 31.8. The first-order valence-electron chi connectivity index (χ1n) is 11.3. The van der Waals surface area contributed by atoms with E-state index in [1.807, 2.05) is 50.2 Å². The maximum absolute atomic E-state index is 12.1. The second-order valence-corrected chi connectivity index (χ2v) is 14.6. The lowest BCUT2D eigenvalue weighted by Crippen LogP contribution is -2.44. The summed E-state index contributed by atoms with van der Waals surface area (Å²) in [5.74, 6) is -0.0863. The zero-order chi connectivity index (χ0) is 26.6. The minimum absolute atomic E-state index is 0.0776. The number of carbonyl (C=O) groups excluding carboxylic acids is 2. The summed E-state index contributed by atoms with van der Waals surface area (Å²) in [5, 5.41) is 14.1. The number of amides is 1. The van der Waals surface area contributed by atoms with Crippen LogP contribution in [-0.2, 0) is 9.59 Å². The summed E-state index contributed by atoms with van der Waals surface area (Å²) in [6, 6.07) is 11.6. The van der Waals surface area contributed by atoms with Crippen molar-refractivity contribution in [3.8, 4) is 0 Å². The molecule has 0 bridgehead atoms. The van der Waals surface area contributed by atoms with Gasteiger partial charge in [-0.15, -0.1) is 0 Å². The van der Waals surface area contributed by atoms with Crippen LogP contribution in [0.15, 0.2) is 58.8 Å². The molecule has 1 amide bonds. The fraction of sp³-hybridized carbons (Fsp3) is 0.520. The molecule has 0 aromatic carbocycles. The van der Waals surface area contributed by atoms with Gasteiger partial charge in [0.15, 0.2) is 5.78 Å². The molecular weight excluding hydrogens is 519 g/mol. The molecule has 0 spiro atoms. The van der Waals surface area contributed by atoms with Gasteiger partial charge in [-0.3, -0.25) is 9.59 Å². The van der Waals surface area contributed by atoms with Gasteiger partial charge in [-0.25, -0.2) is 9.97 Å². The summed E-state index contributed by atoms with van der Waals surface area (Å²) in [4.78, 5) is 32.1. The average molecular weight is 556 g/mol. The highest BCUT2D eigenvalue weighted by molar-refractivity contribution is 8.77. The normalized spacial score (nSPS) is 14.2. The molecule has 3 atom stereocenters. The Labute approximate surface area is 225 Å². The van der Waals surface area contributed by atoms with E-state index in [4.69, 9.17) is 0 Å². The summed E-state index contributed by atoms with van der Waals surface area (Å²) in [6.45, 7) is 15.2. The van der Waals surface area contributed by atoms with E-state index in [0.29, 0.717) is 0 Å². The smallest absolute Gasteiger partial charge is 0.233 e. The maximum Gasteiger partial charge on any atom is 0.233 e. The number of rotatable bonds is 10. The summed E-state index contributed by atoms with van der Waals surface area (Å²) >= 11 is 0. The highest BCUT2D eigenvalue weighted by Crippen LogP contribution is 2.35. The van der Waals surface area contributed by atoms with E-state index < -0.39 is 5.60 Å². The van der Waals surface area contributed by atoms with Crippen LogP contribution < -0.4 is 5.32 Å². The Balaban J connectivity index is 0.000000355. The number of hydrogen-bond donors (Lipinski definition) is 2. The third-order valence-corrected chi connectivity index (χ3v) is 10.2. The van der Waals surface area contributed by atoms with Gasteiger partial charge in [0, 0.05) is 18.4 Å². The molecule has 3 unspecified atom stereocenters. The van der Waals surface area contributed by atoms with Crippen molar-refractivity contribution in [1.82, 2.24) is 15.3 Å². The number of ketones is 1.